The van der Waals surface area contributed by atoms with Gasteiger partial charge in [0.15, 0.2) is 0 Å². The second kappa shape index (κ2) is 5.10. The first-order valence-electron chi connectivity index (χ1n) is 3.73. The van der Waals surface area contributed by atoms with E-state index in [2.05, 4.69) is 32.2 Å². The highest BCUT2D eigenvalue weighted by molar-refractivity contribution is 5.08. The summed E-state index contributed by atoms with van der Waals surface area (Å²) in [6.07, 6.45) is 6.12. The highest BCUT2D eigenvalue weighted by Gasteiger charge is 1.88. The van der Waals surface area contributed by atoms with Crippen LogP contribution in [0.1, 0.15) is 27.7 Å². The minimum absolute atomic E-state index is 0.529. The average Bonchev–Trinajstić information content (AvgIpc) is 1.82. The molecule has 0 rings (SSSR count). The van der Waals surface area contributed by atoms with Gasteiger partial charge in [0, 0.05) is 11.7 Å². The van der Waals surface area contributed by atoms with Crippen molar-refractivity contribution in [2.45, 2.75) is 33.7 Å². The largest absolute Gasteiger partial charge is 0.386 e. The summed E-state index contributed by atoms with van der Waals surface area (Å²) >= 11 is 0. The van der Waals surface area contributed by atoms with Crippen LogP contribution < -0.4 is 5.32 Å². The van der Waals surface area contributed by atoms with Crippen LogP contribution in [-0.2, 0) is 0 Å². The topological polar surface area (TPSA) is 12.0 Å². The molecule has 0 aromatic heterocycles. The van der Waals surface area contributed by atoms with Gasteiger partial charge in [0.05, 0.1) is 0 Å². The van der Waals surface area contributed by atoms with Crippen molar-refractivity contribution in [3.8, 4) is 0 Å². The number of nitrogens with one attached hydrogen (secondary N) is 1. The lowest BCUT2D eigenvalue weighted by molar-refractivity contribution is 0.669. The molecule has 0 unspecified atom stereocenters. The lowest BCUT2D eigenvalue weighted by atomic mass is 10.3. The Morgan fingerprint density at radius 3 is 2.40 bits per heavy atom. The zero-order chi connectivity index (χ0) is 7.98. The molecule has 0 amide bonds. The molecule has 0 saturated carbocycles. The molecule has 1 heteroatoms. The van der Waals surface area contributed by atoms with Gasteiger partial charge >= 0.3 is 0 Å². The summed E-state index contributed by atoms with van der Waals surface area (Å²) in [5, 5.41) is 3.29. The molecular weight excluding hydrogens is 122 g/mol. The van der Waals surface area contributed by atoms with E-state index in [1.54, 1.807) is 0 Å². The van der Waals surface area contributed by atoms with Gasteiger partial charge in [0.1, 0.15) is 0 Å². The second-order valence-corrected chi connectivity index (χ2v) is 2.67. The zero-order valence-corrected chi connectivity index (χ0v) is 7.31. The molecule has 0 aliphatic carbocycles. The standard InChI is InChI=1S/C9H17N/c1-5-6-7-9(4)10-8(2)3/h5-8,10H,1-4H3/b6-5+,9-7-. The van der Waals surface area contributed by atoms with Gasteiger partial charge in [-0.15, -0.1) is 0 Å². The molecule has 58 valence electrons. The van der Waals surface area contributed by atoms with Gasteiger partial charge in [-0.2, -0.15) is 0 Å². The Balaban J connectivity index is 3.71. The molecule has 1 nitrogen and oxygen atoms in total. The smallest absolute Gasteiger partial charge is 0.0201 e. The van der Waals surface area contributed by atoms with Gasteiger partial charge in [-0.05, 0) is 33.8 Å². The summed E-state index contributed by atoms with van der Waals surface area (Å²) in [4.78, 5) is 0. The lowest BCUT2D eigenvalue weighted by Crippen LogP contribution is -2.19. The Morgan fingerprint density at radius 2 is 2.00 bits per heavy atom. The first-order valence-corrected chi connectivity index (χ1v) is 3.73. The van der Waals surface area contributed by atoms with Crippen molar-refractivity contribution in [1.29, 1.82) is 0 Å². The van der Waals surface area contributed by atoms with Crippen LogP contribution >= 0.6 is 0 Å². The molecule has 10 heavy (non-hydrogen) atoms. The van der Waals surface area contributed by atoms with Crippen molar-refractivity contribution in [2.24, 2.45) is 0 Å². The molecular formula is C9H17N. The van der Waals surface area contributed by atoms with Crippen molar-refractivity contribution in [3.63, 3.8) is 0 Å². The highest BCUT2D eigenvalue weighted by atomic mass is 14.9. The molecule has 0 saturated heterocycles. The van der Waals surface area contributed by atoms with Gasteiger partial charge in [-0.25, -0.2) is 0 Å². The summed E-state index contributed by atoms with van der Waals surface area (Å²) in [7, 11) is 0. The monoisotopic (exact) mass is 139 g/mol. The van der Waals surface area contributed by atoms with Gasteiger partial charge in [-0.1, -0.05) is 12.2 Å². The van der Waals surface area contributed by atoms with Crippen molar-refractivity contribution in [1.82, 2.24) is 5.32 Å². The predicted molar refractivity (Wildman–Crippen MR) is 46.8 cm³/mol. The summed E-state index contributed by atoms with van der Waals surface area (Å²) < 4.78 is 0. The SMILES string of the molecule is C/C=C/C=C(/C)NC(C)C. The molecule has 0 atom stereocenters. The van der Waals surface area contributed by atoms with E-state index in [9.17, 15) is 0 Å². The first kappa shape index (κ1) is 9.28. The van der Waals surface area contributed by atoms with Crippen molar-refractivity contribution in [2.75, 3.05) is 0 Å². The van der Waals surface area contributed by atoms with E-state index < -0.39 is 0 Å². The Morgan fingerprint density at radius 1 is 1.40 bits per heavy atom. The van der Waals surface area contributed by atoms with Crippen LogP contribution in [0.15, 0.2) is 23.9 Å². The van der Waals surface area contributed by atoms with Gasteiger partial charge in [0.25, 0.3) is 0 Å². The molecule has 0 radical (unpaired) electrons. The molecule has 0 aliphatic rings. The van der Waals surface area contributed by atoms with Gasteiger partial charge in [0.2, 0.25) is 0 Å². The molecule has 1 N–H and O–H groups in total. The van der Waals surface area contributed by atoms with Crippen LogP contribution in [0.3, 0.4) is 0 Å². The van der Waals surface area contributed by atoms with E-state index in [1.807, 2.05) is 19.1 Å². The molecule has 0 aliphatic heterocycles. The third kappa shape index (κ3) is 5.42. The Bertz CT molecular complexity index is 132. The van der Waals surface area contributed by atoms with Crippen LogP contribution in [-0.4, -0.2) is 6.04 Å². The summed E-state index contributed by atoms with van der Waals surface area (Å²) in [6.45, 7) is 8.35. The lowest BCUT2D eigenvalue weighted by Gasteiger charge is -2.08. The minimum atomic E-state index is 0.529. The molecule has 0 aromatic carbocycles. The van der Waals surface area contributed by atoms with Crippen LogP contribution in [0.25, 0.3) is 0 Å². The van der Waals surface area contributed by atoms with Crippen LogP contribution in [0.5, 0.6) is 0 Å². The Labute approximate surface area is 63.8 Å². The van der Waals surface area contributed by atoms with E-state index in [4.69, 9.17) is 0 Å². The molecule has 0 aromatic rings. The normalized spacial score (nSPS) is 13.1. The molecule has 0 heterocycles. The van der Waals surface area contributed by atoms with E-state index in [1.165, 1.54) is 5.70 Å². The number of hydrogen-bond donors (Lipinski definition) is 1. The van der Waals surface area contributed by atoms with E-state index in [-0.39, 0.29) is 0 Å². The van der Waals surface area contributed by atoms with Crippen molar-refractivity contribution < 1.29 is 0 Å². The quantitative estimate of drug-likeness (QED) is 0.592. The van der Waals surface area contributed by atoms with E-state index >= 15 is 0 Å². The molecule has 0 spiro atoms. The summed E-state index contributed by atoms with van der Waals surface area (Å²) in [6, 6.07) is 0.529. The Kier molecular flexibility index (Phi) is 4.73. The molecule has 0 fully saturated rings. The number of allylic oxidation sites excluding steroid dienone is 4. The fourth-order valence-electron chi connectivity index (χ4n) is 0.744. The fourth-order valence-corrected chi connectivity index (χ4v) is 0.744. The van der Waals surface area contributed by atoms with E-state index in [0.717, 1.165) is 0 Å². The number of hydrogen-bond acceptors (Lipinski definition) is 1. The Hall–Kier alpha value is -0.720. The maximum Gasteiger partial charge on any atom is 0.0201 e. The highest BCUT2D eigenvalue weighted by Crippen LogP contribution is 1.90. The third-order valence-corrected chi connectivity index (χ3v) is 1.06. The first-order chi connectivity index (χ1) is 4.66. The van der Waals surface area contributed by atoms with Gasteiger partial charge in [-0.3, -0.25) is 0 Å². The fraction of sp³-hybridized carbons (Fsp3) is 0.556. The van der Waals surface area contributed by atoms with Crippen LogP contribution in [0, 0.1) is 0 Å². The maximum atomic E-state index is 3.29. The van der Waals surface area contributed by atoms with Crippen LogP contribution in [0.4, 0.5) is 0 Å². The maximum absolute atomic E-state index is 3.29. The minimum Gasteiger partial charge on any atom is -0.386 e. The van der Waals surface area contributed by atoms with Gasteiger partial charge < -0.3 is 5.32 Å². The second-order valence-electron chi connectivity index (χ2n) is 2.67. The van der Waals surface area contributed by atoms with E-state index in [0.29, 0.717) is 6.04 Å². The zero-order valence-electron chi connectivity index (χ0n) is 7.31. The summed E-state index contributed by atoms with van der Waals surface area (Å²) in [5.74, 6) is 0. The summed E-state index contributed by atoms with van der Waals surface area (Å²) in [5.41, 5.74) is 1.22. The van der Waals surface area contributed by atoms with Crippen LogP contribution in [0.2, 0.25) is 0 Å². The van der Waals surface area contributed by atoms with Crippen molar-refractivity contribution >= 4 is 0 Å². The molecule has 0 bridgehead atoms. The third-order valence-electron chi connectivity index (χ3n) is 1.06. The predicted octanol–water partition coefficient (Wildman–Crippen LogP) is 2.46. The van der Waals surface area contributed by atoms with Crippen molar-refractivity contribution in [3.05, 3.63) is 23.9 Å². The average molecular weight is 139 g/mol. The number of rotatable bonds is 3.